The Labute approximate surface area is 71.5 Å². The Kier molecular flexibility index (Phi) is 4.76. The third-order valence-corrected chi connectivity index (χ3v) is 1.03. The molecule has 0 atom stereocenters. The van der Waals surface area contributed by atoms with Crippen molar-refractivity contribution in [2.45, 2.75) is 20.3 Å². The van der Waals surface area contributed by atoms with Crippen LogP contribution in [0.5, 0.6) is 0 Å². The van der Waals surface area contributed by atoms with Crippen molar-refractivity contribution < 1.29 is 14.4 Å². The van der Waals surface area contributed by atoms with E-state index in [9.17, 15) is 9.59 Å². The van der Waals surface area contributed by atoms with E-state index in [0.717, 1.165) is 6.08 Å². The molecule has 12 heavy (non-hydrogen) atoms. The molecule has 0 aromatic carbocycles. The highest BCUT2D eigenvalue weighted by Crippen LogP contribution is 1.99. The second kappa shape index (κ2) is 5.35. The average Bonchev–Trinajstić information content (AvgIpc) is 1.99. The summed E-state index contributed by atoms with van der Waals surface area (Å²) < 4.78 is 0. The van der Waals surface area contributed by atoms with Gasteiger partial charge < -0.3 is 4.84 Å². The standard InChI is InChI=1S/C8H13NO3/c1-4-7(10)9-12-8(11)5-6(2)3/h4,6H,1,5H2,2-3H3,(H,9,10). The number of rotatable bonds is 3. The Morgan fingerprint density at radius 2 is 2.17 bits per heavy atom. The second-order valence-corrected chi connectivity index (χ2v) is 2.74. The van der Waals surface area contributed by atoms with Crippen molar-refractivity contribution in [2.75, 3.05) is 0 Å². The predicted molar refractivity (Wildman–Crippen MR) is 43.9 cm³/mol. The summed E-state index contributed by atoms with van der Waals surface area (Å²) in [4.78, 5) is 25.7. The van der Waals surface area contributed by atoms with Gasteiger partial charge in [0.15, 0.2) is 0 Å². The molecule has 0 aliphatic rings. The average molecular weight is 171 g/mol. The summed E-state index contributed by atoms with van der Waals surface area (Å²) >= 11 is 0. The predicted octanol–water partition coefficient (Wildman–Crippen LogP) is 0.793. The van der Waals surface area contributed by atoms with Crippen LogP contribution in [0.15, 0.2) is 12.7 Å². The number of hydrogen-bond donors (Lipinski definition) is 1. The van der Waals surface area contributed by atoms with Crippen molar-refractivity contribution in [3.63, 3.8) is 0 Å². The zero-order valence-electron chi connectivity index (χ0n) is 7.29. The van der Waals surface area contributed by atoms with Crippen LogP contribution in [-0.4, -0.2) is 11.9 Å². The van der Waals surface area contributed by atoms with Crippen LogP contribution >= 0.6 is 0 Å². The van der Waals surface area contributed by atoms with Gasteiger partial charge in [0.25, 0.3) is 5.91 Å². The molecule has 1 amide bonds. The van der Waals surface area contributed by atoms with Crippen LogP contribution in [0.1, 0.15) is 20.3 Å². The van der Waals surface area contributed by atoms with Crippen LogP contribution in [0.25, 0.3) is 0 Å². The molecule has 0 aromatic rings. The fourth-order valence-corrected chi connectivity index (χ4v) is 0.524. The van der Waals surface area contributed by atoms with Crippen LogP contribution in [0.4, 0.5) is 0 Å². The lowest BCUT2D eigenvalue weighted by Gasteiger charge is -2.04. The maximum Gasteiger partial charge on any atom is 0.332 e. The van der Waals surface area contributed by atoms with E-state index in [4.69, 9.17) is 0 Å². The Morgan fingerprint density at radius 1 is 1.58 bits per heavy atom. The van der Waals surface area contributed by atoms with Gasteiger partial charge in [0, 0.05) is 0 Å². The molecule has 0 aromatic heterocycles. The van der Waals surface area contributed by atoms with Crippen LogP contribution < -0.4 is 5.48 Å². The number of carbonyl (C=O) groups excluding carboxylic acids is 2. The fraction of sp³-hybridized carbons (Fsp3) is 0.500. The van der Waals surface area contributed by atoms with Gasteiger partial charge in [-0.15, -0.1) is 0 Å². The first kappa shape index (κ1) is 10.7. The summed E-state index contributed by atoms with van der Waals surface area (Å²) in [5.74, 6) is -0.745. The minimum absolute atomic E-state index is 0.220. The molecular weight excluding hydrogens is 158 g/mol. The molecule has 4 nitrogen and oxygen atoms in total. The summed E-state index contributed by atoms with van der Waals surface area (Å²) in [5, 5.41) is 0. The number of hydroxylamine groups is 1. The molecule has 68 valence electrons. The third kappa shape index (κ3) is 5.46. The molecule has 0 radical (unpaired) electrons. The maximum atomic E-state index is 10.8. The smallest absolute Gasteiger partial charge is 0.332 e. The van der Waals surface area contributed by atoms with Gasteiger partial charge in [0.2, 0.25) is 0 Å². The lowest BCUT2D eigenvalue weighted by atomic mass is 10.1. The van der Waals surface area contributed by atoms with Gasteiger partial charge >= 0.3 is 5.97 Å². The molecule has 4 heteroatoms. The van der Waals surface area contributed by atoms with Crippen molar-refractivity contribution >= 4 is 11.9 Å². The van der Waals surface area contributed by atoms with Gasteiger partial charge in [-0.3, -0.25) is 4.79 Å². The topological polar surface area (TPSA) is 55.4 Å². The van der Waals surface area contributed by atoms with E-state index in [1.807, 2.05) is 19.3 Å². The van der Waals surface area contributed by atoms with E-state index in [2.05, 4.69) is 11.4 Å². The first-order valence-electron chi connectivity index (χ1n) is 3.68. The third-order valence-electron chi connectivity index (χ3n) is 1.03. The van der Waals surface area contributed by atoms with Crippen molar-refractivity contribution in [3.8, 4) is 0 Å². The maximum absolute atomic E-state index is 10.8. The lowest BCUT2D eigenvalue weighted by molar-refractivity contribution is -0.157. The lowest BCUT2D eigenvalue weighted by Crippen LogP contribution is -2.25. The van der Waals surface area contributed by atoms with Gasteiger partial charge in [0.05, 0.1) is 6.42 Å². The first-order chi connectivity index (χ1) is 5.56. The number of hydrogen-bond acceptors (Lipinski definition) is 3. The largest absolute Gasteiger partial charge is 0.341 e. The van der Waals surface area contributed by atoms with E-state index in [1.54, 1.807) is 0 Å². The Hall–Kier alpha value is -1.32. The molecule has 0 heterocycles. The number of carbonyl (C=O) groups is 2. The van der Waals surface area contributed by atoms with Gasteiger partial charge in [-0.05, 0) is 12.0 Å². The second-order valence-electron chi connectivity index (χ2n) is 2.74. The highest BCUT2D eigenvalue weighted by atomic mass is 16.7. The first-order valence-corrected chi connectivity index (χ1v) is 3.68. The Balaban J connectivity index is 3.57. The fourth-order valence-electron chi connectivity index (χ4n) is 0.524. The van der Waals surface area contributed by atoms with E-state index in [1.165, 1.54) is 0 Å². The molecule has 0 bridgehead atoms. The van der Waals surface area contributed by atoms with Gasteiger partial charge in [0.1, 0.15) is 0 Å². The normalized spacial score (nSPS) is 9.25. The number of amides is 1. The summed E-state index contributed by atoms with van der Waals surface area (Å²) in [7, 11) is 0. The van der Waals surface area contributed by atoms with E-state index in [-0.39, 0.29) is 12.3 Å². The van der Waals surface area contributed by atoms with Crippen LogP contribution in [-0.2, 0) is 14.4 Å². The van der Waals surface area contributed by atoms with Gasteiger partial charge in [-0.2, -0.15) is 5.48 Å². The molecule has 0 unspecified atom stereocenters. The van der Waals surface area contributed by atoms with Gasteiger partial charge in [-0.1, -0.05) is 20.4 Å². The summed E-state index contributed by atoms with van der Waals surface area (Å²) in [6.07, 6.45) is 1.32. The van der Waals surface area contributed by atoms with Crippen molar-refractivity contribution in [3.05, 3.63) is 12.7 Å². The van der Waals surface area contributed by atoms with E-state index < -0.39 is 11.9 Å². The molecule has 0 fully saturated rings. The summed E-state index contributed by atoms with van der Waals surface area (Å²) in [6.45, 7) is 6.97. The number of nitrogens with one attached hydrogen (secondary N) is 1. The zero-order chi connectivity index (χ0) is 9.56. The Morgan fingerprint density at radius 3 is 2.58 bits per heavy atom. The monoisotopic (exact) mass is 171 g/mol. The molecule has 0 rings (SSSR count). The van der Waals surface area contributed by atoms with Crippen LogP contribution in [0.3, 0.4) is 0 Å². The molecule has 0 spiro atoms. The molecule has 0 aliphatic carbocycles. The molecule has 0 saturated carbocycles. The SMILES string of the molecule is C=CC(=O)NOC(=O)CC(C)C. The highest BCUT2D eigenvalue weighted by Gasteiger charge is 2.06. The highest BCUT2D eigenvalue weighted by molar-refractivity contribution is 5.87. The Bertz CT molecular complexity index is 187. The van der Waals surface area contributed by atoms with Crippen LogP contribution in [0.2, 0.25) is 0 Å². The quantitative estimate of drug-likeness (QED) is 0.504. The van der Waals surface area contributed by atoms with E-state index >= 15 is 0 Å². The van der Waals surface area contributed by atoms with Crippen LogP contribution in [0, 0.1) is 5.92 Å². The van der Waals surface area contributed by atoms with Crippen molar-refractivity contribution in [1.82, 2.24) is 5.48 Å². The van der Waals surface area contributed by atoms with E-state index in [0.29, 0.717) is 0 Å². The zero-order valence-corrected chi connectivity index (χ0v) is 7.29. The van der Waals surface area contributed by atoms with Crippen molar-refractivity contribution in [1.29, 1.82) is 0 Å². The molecular formula is C8H13NO3. The minimum Gasteiger partial charge on any atom is -0.341 e. The molecule has 0 saturated heterocycles. The summed E-state index contributed by atoms with van der Waals surface area (Å²) in [5.41, 5.74) is 1.93. The van der Waals surface area contributed by atoms with Gasteiger partial charge in [-0.25, -0.2) is 4.79 Å². The van der Waals surface area contributed by atoms with Crippen molar-refractivity contribution in [2.24, 2.45) is 5.92 Å². The molecule has 0 aliphatic heterocycles. The summed E-state index contributed by atoms with van der Waals surface area (Å²) in [6, 6.07) is 0. The minimum atomic E-state index is -0.521. The molecule has 1 N–H and O–H groups in total.